The van der Waals surface area contributed by atoms with Crippen LogP contribution in [0, 0.1) is 0 Å². The van der Waals surface area contributed by atoms with Gasteiger partial charge in [-0.2, -0.15) is 0 Å². The third-order valence-corrected chi connectivity index (χ3v) is 4.87. The minimum atomic E-state index is -1.00. The van der Waals surface area contributed by atoms with Crippen LogP contribution in [0.3, 0.4) is 0 Å². The molecular weight excluding hydrogens is 342 g/mol. The predicted octanol–water partition coefficient (Wildman–Crippen LogP) is 2.91. The van der Waals surface area contributed by atoms with Gasteiger partial charge in [-0.3, -0.25) is 4.79 Å². The minimum absolute atomic E-state index is 0.164. The van der Waals surface area contributed by atoms with Crippen molar-refractivity contribution < 1.29 is 24.2 Å². The van der Waals surface area contributed by atoms with Crippen LogP contribution >= 0.6 is 11.8 Å². The number of carboxylic acid groups (broad SMARTS) is 1. The Labute approximate surface area is 149 Å². The van der Waals surface area contributed by atoms with Gasteiger partial charge in [0.25, 0.3) is 0 Å². The van der Waals surface area contributed by atoms with Crippen LogP contribution in [0.1, 0.15) is 22.8 Å². The number of thioether (sulfide) groups is 1. The Bertz CT molecular complexity index is 808. The van der Waals surface area contributed by atoms with E-state index in [1.165, 1.54) is 17.8 Å². The number of carboxylic acids is 1. The van der Waals surface area contributed by atoms with Crippen molar-refractivity contribution in [2.75, 3.05) is 6.79 Å². The molecule has 2 aromatic carbocycles. The lowest BCUT2D eigenvalue weighted by Gasteiger charge is -2.13. The van der Waals surface area contributed by atoms with E-state index in [1.54, 1.807) is 25.1 Å². The van der Waals surface area contributed by atoms with Gasteiger partial charge >= 0.3 is 5.97 Å². The van der Waals surface area contributed by atoms with Gasteiger partial charge in [0.05, 0.1) is 10.8 Å². The van der Waals surface area contributed by atoms with Crippen molar-refractivity contribution in [3.8, 4) is 11.5 Å². The average Bonchev–Trinajstić information content (AvgIpc) is 3.07. The van der Waals surface area contributed by atoms with E-state index in [-0.39, 0.29) is 18.3 Å². The number of ether oxygens (including phenoxy) is 2. The number of aromatic carboxylic acids is 1. The maximum atomic E-state index is 12.3. The summed E-state index contributed by atoms with van der Waals surface area (Å²) < 4.78 is 10.6. The van der Waals surface area contributed by atoms with Crippen molar-refractivity contribution in [2.24, 2.45) is 0 Å². The number of carbonyl (C=O) groups excluding carboxylic acids is 1. The van der Waals surface area contributed by atoms with Crippen LogP contribution in [-0.2, 0) is 11.3 Å². The highest BCUT2D eigenvalue weighted by Gasteiger charge is 2.19. The molecule has 0 bridgehead atoms. The number of hydrogen-bond acceptors (Lipinski definition) is 5. The fraction of sp³-hybridized carbons (Fsp3) is 0.222. The summed E-state index contributed by atoms with van der Waals surface area (Å²) in [6, 6.07) is 12.2. The Morgan fingerprint density at radius 3 is 2.76 bits per heavy atom. The summed E-state index contributed by atoms with van der Waals surface area (Å²) in [5, 5.41) is 11.6. The molecule has 1 aliphatic heterocycles. The first-order valence-electron chi connectivity index (χ1n) is 7.70. The fourth-order valence-electron chi connectivity index (χ4n) is 2.37. The van der Waals surface area contributed by atoms with Crippen molar-refractivity contribution in [1.29, 1.82) is 0 Å². The highest BCUT2D eigenvalue weighted by molar-refractivity contribution is 8.00. The van der Waals surface area contributed by atoms with Gasteiger partial charge in [-0.05, 0) is 36.8 Å². The number of benzene rings is 2. The summed E-state index contributed by atoms with van der Waals surface area (Å²) in [6.07, 6.45) is 0. The van der Waals surface area contributed by atoms with Gasteiger partial charge in [0.2, 0.25) is 12.7 Å². The molecule has 1 heterocycles. The van der Waals surface area contributed by atoms with Crippen molar-refractivity contribution in [3.05, 3.63) is 53.6 Å². The second-order valence-corrected chi connectivity index (χ2v) is 6.85. The van der Waals surface area contributed by atoms with E-state index in [1.807, 2.05) is 18.2 Å². The second kappa shape index (κ2) is 7.48. The average molecular weight is 359 g/mol. The van der Waals surface area contributed by atoms with Crippen LogP contribution < -0.4 is 14.8 Å². The van der Waals surface area contributed by atoms with E-state index in [4.69, 9.17) is 9.47 Å². The van der Waals surface area contributed by atoms with Crippen LogP contribution in [0.5, 0.6) is 11.5 Å². The summed E-state index contributed by atoms with van der Waals surface area (Å²) >= 11 is 1.22. The number of fused-ring (bicyclic) bond motifs is 1. The van der Waals surface area contributed by atoms with Gasteiger partial charge in [-0.15, -0.1) is 11.8 Å². The number of hydrogen-bond donors (Lipinski definition) is 2. The molecule has 0 aromatic heterocycles. The maximum Gasteiger partial charge on any atom is 0.336 e. The molecule has 2 aromatic rings. The zero-order chi connectivity index (χ0) is 17.8. The van der Waals surface area contributed by atoms with Gasteiger partial charge in [-0.1, -0.05) is 18.2 Å². The first kappa shape index (κ1) is 17.2. The molecule has 0 aliphatic carbocycles. The highest BCUT2D eigenvalue weighted by atomic mass is 32.2. The molecule has 1 aliphatic rings. The summed E-state index contributed by atoms with van der Waals surface area (Å²) in [6.45, 7) is 2.32. The van der Waals surface area contributed by atoms with Gasteiger partial charge in [0.15, 0.2) is 11.5 Å². The molecule has 0 spiro atoms. The third kappa shape index (κ3) is 4.06. The fourth-order valence-corrected chi connectivity index (χ4v) is 3.38. The Morgan fingerprint density at radius 2 is 1.96 bits per heavy atom. The summed E-state index contributed by atoms with van der Waals surface area (Å²) in [4.78, 5) is 24.1. The van der Waals surface area contributed by atoms with Crippen molar-refractivity contribution in [1.82, 2.24) is 5.32 Å². The molecule has 130 valence electrons. The molecular formula is C18H17NO5S. The zero-order valence-corrected chi connectivity index (χ0v) is 14.3. The largest absolute Gasteiger partial charge is 0.478 e. The topological polar surface area (TPSA) is 84.9 Å². The van der Waals surface area contributed by atoms with E-state index in [2.05, 4.69) is 5.32 Å². The van der Waals surface area contributed by atoms with Crippen molar-refractivity contribution >= 4 is 23.6 Å². The lowest BCUT2D eigenvalue weighted by molar-refractivity contribution is -0.120. The molecule has 6 nitrogen and oxygen atoms in total. The second-order valence-electron chi connectivity index (χ2n) is 5.47. The number of nitrogens with one attached hydrogen (secondary N) is 1. The molecule has 25 heavy (non-hydrogen) atoms. The molecule has 0 fully saturated rings. The molecule has 0 saturated carbocycles. The van der Waals surface area contributed by atoms with E-state index in [0.717, 1.165) is 5.56 Å². The van der Waals surface area contributed by atoms with Gasteiger partial charge in [-0.25, -0.2) is 4.79 Å². The number of rotatable bonds is 6. The van der Waals surface area contributed by atoms with Crippen LogP contribution in [0.25, 0.3) is 0 Å². The van der Waals surface area contributed by atoms with Gasteiger partial charge in [0, 0.05) is 11.4 Å². The van der Waals surface area contributed by atoms with Crippen LogP contribution in [0.4, 0.5) is 0 Å². The van der Waals surface area contributed by atoms with Crippen LogP contribution in [0.15, 0.2) is 47.4 Å². The molecule has 2 N–H and O–H groups in total. The Morgan fingerprint density at radius 1 is 1.20 bits per heavy atom. The molecule has 1 unspecified atom stereocenters. The highest BCUT2D eigenvalue weighted by Crippen LogP contribution is 2.32. The van der Waals surface area contributed by atoms with Crippen LogP contribution in [-0.4, -0.2) is 29.0 Å². The quantitative estimate of drug-likeness (QED) is 0.772. The smallest absolute Gasteiger partial charge is 0.336 e. The standard InChI is InChI=1S/C18H17NO5S/c1-11(25-16-5-3-2-4-13(16)18(21)22)17(20)19-9-12-6-7-14-15(8-12)24-10-23-14/h2-8,11H,9-10H2,1H3,(H,19,20)(H,21,22). The van der Waals surface area contributed by atoms with Crippen LogP contribution in [0.2, 0.25) is 0 Å². The van der Waals surface area contributed by atoms with Gasteiger partial charge < -0.3 is 19.9 Å². The minimum Gasteiger partial charge on any atom is -0.478 e. The Kier molecular flexibility index (Phi) is 5.14. The van der Waals surface area contributed by atoms with Gasteiger partial charge in [0.1, 0.15) is 0 Å². The molecule has 7 heteroatoms. The number of amides is 1. The SMILES string of the molecule is CC(Sc1ccccc1C(=O)O)C(=O)NCc1ccc2c(c1)OCO2. The van der Waals surface area contributed by atoms with E-state index in [9.17, 15) is 14.7 Å². The molecule has 1 amide bonds. The first-order chi connectivity index (χ1) is 12.0. The predicted molar refractivity (Wildman–Crippen MR) is 93.1 cm³/mol. The first-order valence-corrected chi connectivity index (χ1v) is 8.58. The molecule has 0 saturated heterocycles. The molecule has 3 rings (SSSR count). The number of carbonyl (C=O) groups is 2. The summed E-state index contributed by atoms with van der Waals surface area (Å²) in [5.74, 6) is 0.202. The monoisotopic (exact) mass is 359 g/mol. The molecule has 1 atom stereocenters. The zero-order valence-electron chi connectivity index (χ0n) is 13.5. The summed E-state index contributed by atoms with van der Waals surface area (Å²) in [5.41, 5.74) is 1.10. The molecule has 0 radical (unpaired) electrons. The van der Waals surface area contributed by atoms with E-state index in [0.29, 0.717) is 22.9 Å². The third-order valence-electron chi connectivity index (χ3n) is 3.69. The summed E-state index contributed by atoms with van der Waals surface area (Å²) in [7, 11) is 0. The van der Waals surface area contributed by atoms with Crippen molar-refractivity contribution in [2.45, 2.75) is 23.6 Å². The normalized spacial score (nSPS) is 13.3. The lowest BCUT2D eigenvalue weighted by atomic mass is 10.2. The lowest BCUT2D eigenvalue weighted by Crippen LogP contribution is -2.30. The Balaban J connectivity index is 1.59. The van der Waals surface area contributed by atoms with E-state index < -0.39 is 11.2 Å². The maximum absolute atomic E-state index is 12.3. The van der Waals surface area contributed by atoms with Crippen molar-refractivity contribution in [3.63, 3.8) is 0 Å². The Hall–Kier alpha value is -2.67. The van der Waals surface area contributed by atoms with E-state index >= 15 is 0 Å².